The van der Waals surface area contributed by atoms with Gasteiger partial charge in [-0.25, -0.2) is 9.59 Å². The minimum absolute atomic E-state index is 0.0178. The monoisotopic (exact) mass is 848 g/mol. The summed E-state index contributed by atoms with van der Waals surface area (Å²) >= 11 is 0. The molecular formula is C46H56O15. The highest BCUT2D eigenvalue weighted by atomic mass is 16.6. The number of carbonyl (C=O) groups is 7. The van der Waals surface area contributed by atoms with Crippen LogP contribution in [0.25, 0.3) is 0 Å². The molecule has 15 nitrogen and oxygen atoms in total. The van der Waals surface area contributed by atoms with Gasteiger partial charge in [-0.05, 0) is 31.2 Å². The molecule has 15 heteroatoms. The lowest BCUT2D eigenvalue weighted by Crippen LogP contribution is -2.60. The molecule has 0 bridgehead atoms. The zero-order chi connectivity index (χ0) is 45.6. The number of benzene rings is 2. The molecule has 2 aliphatic carbocycles. The van der Waals surface area contributed by atoms with Crippen LogP contribution in [0, 0.1) is 23.2 Å². The fourth-order valence-electron chi connectivity index (χ4n) is 8.16. The van der Waals surface area contributed by atoms with E-state index in [1.807, 2.05) is 0 Å². The number of esters is 7. The third kappa shape index (κ3) is 11.1. The van der Waals surface area contributed by atoms with Crippen LogP contribution in [0.4, 0.5) is 0 Å². The quantitative estimate of drug-likeness (QED) is 0.174. The highest BCUT2D eigenvalue weighted by Crippen LogP contribution is 2.54. The van der Waals surface area contributed by atoms with Gasteiger partial charge in [0, 0.05) is 51.0 Å². The average Bonchev–Trinajstić information content (AvgIpc) is 3.38. The van der Waals surface area contributed by atoms with Crippen LogP contribution in [-0.4, -0.2) is 94.7 Å². The molecule has 0 spiro atoms. The lowest BCUT2D eigenvalue weighted by molar-refractivity contribution is -0.194. The van der Waals surface area contributed by atoms with Crippen molar-refractivity contribution in [2.75, 3.05) is 0 Å². The Morgan fingerprint density at radius 1 is 0.656 bits per heavy atom. The Hall–Kier alpha value is -5.83. The Morgan fingerprint density at radius 3 is 1.62 bits per heavy atom. The van der Waals surface area contributed by atoms with Crippen LogP contribution in [0.2, 0.25) is 0 Å². The molecule has 0 radical (unpaired) electrons. The van der Waals surface area contributed by atoms with Gasteiger partial charge in [0.2, 0.25) is 0 Å². The summed E-state index contributed by atoms with van der Waals surface area (Å²) in [6.07, 6.45) is -7.61. The normalized spacial score (nSPS) is 30.2. The first kappa shape index (κ1) is 47.8. The summed E-state index contributed by atoms with van der Waals surface area (Å²) in [7, 11) is 0. The zero-order valence-corrected chi connectivity index (χ0v) is 36.2. The van der Waals surface area contributed by atoms with Crippen LogP contribution >= 0.6 is 0 Å². The molecule has 330 valence electrons. The summed E-state index contributed by atoms with van der Waals surface area (Å²) < 4.78 is 42.3. The first-order valence-electron chi connectivity index (χ1n) is 20.0. The van der Waals surface area contributed by atoms with Crippen molar-refractivity contribution in [2.24, 2.45) is 23.2 Å². The van der Waals surface area contributed by atoms with Gasteiger partial charge in [0.15, 0.2) is 24.4 Å². The standard InChI is InChI=1S/C46H56O15/c1-25(2)41(51)59-36-27(4)35(58-42(52)32-18-14-12-15-19-32)34-39(56-29(6)48)45(11,61-31(8)50)24-46(34,54)38(60-43(53)33-20-16-13-17-21-33)26(3)22-23-44(9,10)40(57-30(7)49)37(36)55-28(5)47/h12-23,25-26,34-40,54H,4,24H2,1-3,5-11H3/b23-22+/t26-,34-,35-,36-,37+,38+,39+,40+,45+,46+/m0/s1. The summed E-state index contributed by atoms with van der Waals surface area (Å²) in [5.41, 5.74) is -5.91. The Labute approximate surface area is 355 Å². The Morgan fingerprint density at radius 2 is 1.15 bits per heavy atom. The van der Waals surface area contributed by atoms with E-state index in [4.69, 9.17) is 33.2 Å². The number of hydrogen-bond donors (Lipinski definition) is 1. The van der Waals surface area contributed by atoms with Crippen LogP contribution in [0.5, 0.6) is 0 Å². The predicted molar refractivity (Wildman–Crippen MR) is 217 cm³/mol. The van der Waals surface area contributed by atoms with Crippen molar-refractivity contribution >= 4 is 41.8 Å². The lowest BCUT2D eigenvalue weighted by atomic mass is 9.71. The van der Waals surface area contributed by atoms with Crippen molar-refractivity contribution in [3.8, 4) is 0 Å². The fraction of sp³-hybridized carbons (Fsp3) is 0.500. The van der Waals surface area contributed by atoms with Gasteiger partial charge in [-0.15, -0.1) is 0 Å². The minimum atomic E-state index is -2.47. The summed E-state index contributed by atoms with van der Waals surface area (Å²) in [4.78, 5) is 94.0. The Bertz CT molecular complexity index is 2010. The number of ether oxygens (including phenoxy) is 7. The second-order valence-corrected chi connectivity index (χ2v) is 16.7. The zero-order valence-electron chi connectivity index (χ0n) is 36.2. The molecule has 1 fully saturated rings. The molecule has 0 aliphatic heterocycles. The fourth-order valence-corrected chi connectivity index (χ4v) is 8.16. The molecule has 1 N–H and O–H groups in total. The summed E-state index contributed by atoms with van der Waals surface area (Å²) in [6.45, 7) is 18.1. The Balaban J connectivity index is 2.21. The predicted octanol–water partition coefficient (Wildman–Crippen LogP) is 5.66. The van der Waals surface area contributed by atoms with E-state index >= 15 is 0 Å². The maximum absolute atomic E-state index is 14.3. The summed E-state index contributed by atoms with van der Waals surface area (Å²) in [5.74, 6) is -9.68. The van der Waals surface area contributed by atoms with Crippen LogP contribution in [0.3, 0.4) is 0 Å². The van der Waals surface area contributed by atoms with Crippen molar-refractivity contribution in [1.29, 1.82) is 0 Å². The maximum atomic E-state index is 14.3. The van der Waals surface area contributed by atoms with E-state index in [-0.39, 0.29) is 16.7 Å². The highest BCUT2D eigenvalue weighted by molar-refractivity contribution is 5.90. The molecule has 0 saturated heterocycles. The lowest BCUT2D eigenvalue weighted by Gasteiger charge is -2.46. The molecule has 0 aromatic heterocycles. The van der Waals surface area contributed by atoms with Gasteiger partial charge < -0.3 is 38.3 Å². The molecule has 0 amide bonds. The molecule has 2 aromatic rings. The van der Waals surface area contributed by atoms with Crippen molar-refractivity contribution < 1.29 is 71.8 Å². The van der Waals surface area contributed by atoms with Crippen LogP contribution < -0.4 is 0 Å². The molecule has 1 saturated carbocycles. The molecule has 4 rings (SSSR count). The van der Waals surface area contributed by atoms with E-state index < -0.39 is 119 Å². The first-order valence-corrected chi connectivity index (χ1v) is 20.0. The number of hydrogen-bond acceptors (Lipinski definition) is 15. The summed E-state index contributed by atoms with van der Waals surface area (Å²) in [6, 6.07) is 15.6. The third-order valence-corrected chi connectivity index (χ3v) is 10.8. The van der Waals surface area contributed by atoms with E-state index in [1.54, 1.807) is 69.3 Å². The van der Waals surface area contributed by atoms with Gasteiger partial charge >= 0.3 is 41.8 Å². The first-order chi connectivity index (χ1) is 28.4. The molecule has 0 unspecified atom stereocenters. The van der Waals surface area contributed by atoms with Gasteiger partial charge in [0.05, 0.1) is 23.0 Å². The van der Waals surface area contributed by atoms with E-state index in [0.29, 0.717) is 0 Å². The minimum Gasteiger partial charge on any atom is -0.458 e. The highest BCUT2D eigenvalue weighted by Gasteiger charge is 2.70. The molecule has 10 atom stereocenters. The maximum Gasteiger partial charge on any atom is 0.338 e. The van der Waals surface area contributed by atoms with E-state index in [2.05, 4.69) is 6.58 Å². The number of rotatable bonds is 10. The average molecular weight is 849 g/mol. The van der Waals surface area contributed by atoms with Crippen molar-refractivity contribution in [2.45, 2.75) is 123 Å². The van der Waals surface area contributed by atoms with Gasteiger partial charge in [-0.2, -0.15) is 0 Å². The summed E-state index contributed by atoms with van der Waals surface area (Å²) in [5, 5.41) is 13.6. The van der Waals surface area contributed by atoms with Crippen LogP contribution in [0.1, 0.15) is 96.4 Å². The van der Waals surface area contributed by atoms with Crippen molar-refractivity contribution in [1.82, 2.24) is 0 Å². The molecule has 0 heterocycles. The van der Waals surface area contributed by atoms with Crippen molar-refractivity contribution in [3.63, 3.8) is 0 Å². The smallest absolute Gasteiger partial charge is 0.338 e. The van der Waals surface area contributed by atoms with Crippen LogP contribution in [0.15, 0.2) is 85.0 Å². The van der Waals surface area contributed by atoms with E-state index in [9.17, 15) is 38.7 Å². The van der Waals surface area contributed by atoms with Gasteiger partial charge in [-0.1, -0.05) is 89.7 Å². The molecular weight excluding hydrogens is 792 g/mol. The van der Waals surface area contributed by atoms with E-state index in [1.165, 1.54) is 45.0 Å². The van der Waals surface area contributed by atoms with E-state index in [0.717, 1.165) is 27.7 Å². The largest absolute Gasteiger partial charge is 0.458 e. The number of fused-ring (bicyclic) bond motifs is 1. The second-order valence-electron chi connectivity index (χ2n) is 16.7. The Kier molecular flexibility index (Phi) is 15.1. The number of aliphatic hydroxyl groups is 1. The van der Waals surface area contributed by atoms with Crippen LogP contribution in [-0.2, 0) is 57.1 Å². The molecule has 2 aromatic carbocycles. The van der Waals surface area contributed by atoms with Gasteiger partial charge in [0.1, 0.15) is 23.4 Å². The topological polar surface area (TPSA) is 204 Å². The van der Waals surface area contributed by atoms with Gasteiger partial charge in [-0.3, -0.25) is 24.0 Å². The SMILES string of the molecule is C=C1[C@H](OC(=O)C(C)C)[C@@H](OC(C)=O)[C@@H](OC(C)=O)C(C)(C)/C=C/[C@H](C)[C@@H](OC(=O)c2ccccc2)[C@@]2(O)C[C@@](C)(OC(C)=O)[C@H](OC(C)=O)[C@@H]2[C@H]1OC(=O)c1ccccc1. The third-order valence-electron chi connectivity index (χ3n) is 10.8. The second kappa shape index (κ2) is 19.3. The van der Waals surface area contributed by atoms with Crippen molar-refractivity contribution in [3.05, 3.63) is 96.1 Å². The van der Waals surface area contributed by atoms with Gasteiger partial charge in [0.25, 0.3) is 0 Å². The number of carbonyl (C=O) groups excluding carboxylic acids is 7. The molecule has 2 aliphatic rings. The molecule has 61 heavy (non-hydrogen) atoms.